The van der Waals surface area contributed by atoms with Crippen LogP contribution in [0.25, 0.3) is 0 Å². The van der Waals surface area contributed by atoms with Crippen LogP contribution in [0.15, 0.2) is 32.6 Å². The second kappa shape index (κ2) is 13.6. The van der Waals surface area contributed by atoms with Gasteiger partial charge in [0.25, 0.3) is 0 Å². The summed E-state index contributed by atoms with van der Waals surface area (Å²) in [5.41, 5.74) is -4.04. The summed E-state index contributed by atoms with van der Waals surface area (Å²) < 4.78 is 191. The van der Waals surface area contributed by atoms with E-state index in [1.807, 2.05) is 0 Å². The molecule has 0 aromatic carbocycles. The smallest absolute Gasteiger partial charge is 0.460 e. The van der Waals surface area contributed by atoms with Gasteiger partial charge in [0.15, 0.2) is 11.5 Å². The third-order valence-corrected chi connectivity index (χ3v) is 4.40. The normalized spacial score (nSPS) is 15.5. The molecule has 2 N–H and O–H groups in total. The average Bonchev–Trinajstić information content (AvgIpc) is 2.83. The van der Waals surface area contributed by atoms with E-state index in [2.05, 4.69) is 19.5 Å². The molecule has 0 saturated heterocycles. The predicted molar refractivity (Wildman–Crippen MR) is 111 cm³/mol. The maximum atomic E-state index is 13.8. The van der Waals surface area contributed by atoms with Crippen LogP contribution in [-0.4, -0.2) is 96.9 Å². The van der Waals surface area contributed by atoms with Crippen LogP contribution in [0.2, 0.25) is 0 Å². The fraction of sp³-hybridized carbons (Fsp3) is 0.600. The van der Waals surface area contributed by atoms with Gasteiger partial charge in [-0.3, -0.25) is 9.98 Å². The first-order valence-corrected chi connectivity index (χ1v) is 10.6. The zero-order valence-electron chi connectivity index (χ0n) is 20.7. The molecule has 0 saturated carbocycles. The number of alkyl halides is 14. The number of hydrogen-bond acceptors (Lipinski definition) is 8. The van der Waals surface area contributed by atoms with Crippen molar-refractivity contribution in [3.63, 3.8) is 0 Å². The molecule has 0 unspecified atom stereocenters. The van der Waals surface area contributed by atoms with Gasteiger partial charge in [0, 0.05) is 12.4 Å². The Kier molecular flexibility index (Phi) is 12.4. The molecule has 8 nitrogen and oxygen atoms in total. The second-order valence-corrected chi connectivity index (χ2v) is 7.33. The van der Waals surface area contributed by atoms with Gasteiger partial charge in [-0.25, -0.2) is 9.59 Å². The summed E-state index contributed by atoms with van der Waals surface area (Å²) in [6.45, 7) is -1.31. The van der Waals surface area contributed by atoms with Crippen molar-refractivity contribution in [2.45, 2.75) is 49.9 Å². The molecule has 0 heterocycles. The Labute approximate surface area is 225 Å². The lowest BCUT2D eigenvalue weighted by atomic mass is 10.1. The lowest BCUT2D eigenvalue weighted by molar-refractivity contribution is -0.349. The first-order chi connectivity index (χ1) is 18.8. The highest BCUT2D eigenvalue weighted by Gasteiger charge is 2.76. The molecule has 0 aromatic heterocycles. The number of carbonyl (C=O) groups excluding carboxylic acids is 2. The van der Waals surface area contributed by atoms with Crippen molar-refractivity contribution in [1.29, 1.82) is 0 Å². The molecule has 42 heavy (non-hydrogen) atoms. The fourth-order valence-electron chi connectivity index (χ4n) is 2.26. The van der Waals surface area contributed by atoms with E-state index in [-0.39, 0.29) is 12.4 Å². The Morgan fingerprint density at radius 3 is 1.07 bits per heavy atom. The van der Waals surface area contributed by atoms with E-state index in [1.165, 1.54) is 0 Å². The number of carbonyl (C=O) groups is 2. The molecule has 0 rings (SSSR count). The van der Waals surface area contributed by atoms with Crippen molar-refractivity contribution in [3.05, 3.63) is 22.7 Å². The van der Waals surface area contributed by atoms with Crippen LogP contribution in [0.3, 0.4) is 0 Å². The number of rotatable bonds is 13. The Balaban J connectivity index is 6.36. The van der Waals surface area contributed by atoms with Crippen LogP contribution < -0.4 is 0 Å². The standard InChI is InChI=1S/C20H18F14N2O6/c1-3-41-13(39)9(11(37)15(21,22)17(25,26)19(29,30)31)7-35-5-6-36-8-10(14(40)42-4-2)12(38)16(23,24)18(27,28)20(32,33)34/h7-8,37-38H,3-6H2,1-2H3/b11-9+,12-10+,35-7?,36-8?. The van der Waals surface area contributed by atoms with Crippen LogP contribution in [0.4, 0.5) is 61.5 Å². The van der Waals surface area contributed by atoms with Gasteiger partial charge in [-0.15, -0.1) is 0 Å². The third kappa shape index (κ3) is 8.01. The van der Waals surface area contributed by atoms with Crippen molar-refractivity contribution in [2.24, 2.45) is 9.98 Å². The maximum Gasteiger partial charge on any atom is 0.460 e. The molecule has 0 aliphatic rings. The largest absolute Gasteiger partial charge is 0.505 e. The summed E-state index contributed by atoms with van der Waals surface area (Å²) in [6.07, 6.45) is -14.2. The Hall–Kier alpha value is -3.62. The summed E-state index contributed by atoms with van der Waals surface area (Å²) >= 11 is 0. The molecule has 242 valence electrons. The van der Waals surface area contributed by atoms with Gasteiger partial charge in [0.2, 0.25) is 0 Å². The number of aliphatic hydroxyl groups excluding tert-OH is 2. The predicted octanol–water partition coefficient (Wildman–Crippen LogP) is 5.54. The zero-order valence-corrected chi connectivity index (χ0v) is 20.7. The maximum absolute atomic E-state index is 13.8. The van der Waals surface area contributed by atoms with Crippen molar-refractivity contribution in [3.8, 4) is 0 Å². The second-order valence-electron chi connectivity index (χ2n) is 7.33. The van der Waals surface area contributed by atoms with E-state index in [4.69, 9.17) is 0 Å². The molecule has 0 radical (unpaired) electrons. The number of allylic oxidation sites excluding steroid dienone is 2. The molecule has 0 aromatic rings. The Morgan fingerprint density at radius 1 is 0.595 bits per heavy atom. The summed E-state index contributed by atoms with van der Waals surface area (Å²) in [7, 11) is 0. The van der Waals surface area contributed by atoms with E-state index in [0.29, 0.717) is 0 Å². The Morgan fingerprint density at radius 2 is 0.857 bits per heavy atom. The molecule has 0 atom stereocenters. The topological polar surface area (TPSA) is 118 Å². The van der Waals surface area contributed by atoms with E-state index in [9.17, 15) is 81.3 Å². The van der Waals surface area contributed by atoms with Crippen molar-refractivity contribution in [2.75, 3.05) is 26.3 Å². The van der Waals surface area contributed by atoms with Gasteiger partial charge >= 0.3 is 48.0 Å². The van der Waals surface area contributed by atoms with E-state index in [1.54, 1.807) is 0 Å². The minimum Gasteiger partial charge on any atom is -0.505 e. The highest BCUT2D eigenvalue weighted by Crippen LogP contribution is 2.50. The number of aliphatic imine (C=N–C) groups is 2. The van der Waals surface area contributed by atoms with Crippen molar-refractivity contribution < 1.29 is 90.7 Å². The molecule has 0 fully saturated rings. The number of ether oxygens (including phenoxy) is 2. The SMILES string of the molecule is CCOC(=O)/C(C=NCCN=C/C(C(=O)OCC)=C(\O)C(F)(F)C(F)(F)C(F)(F)F)=C(/O)C(F)(F)C(F)(F)C(F)(F)F. The van der Waals surface area contributed by atoms with Crippen molar-refractivity contribution >= 4 is 24.4 Å². The Bertz CT molecular complexity index is 1020. The highest BCUT2D eigenvalue weighted by atomic mass is 19.4. The van der Waals surface area contributed by atoms with Gasteiger partial charge in [0.1, 0.15) is 11.1 Å². The van der Waals surface area contributed by atoms with Gasteiger partial charge in [-0.05, 0) is 13.8 Å². The first-order valence-electron chi connectivity index (χ1n) is 10.6. The van der Waals surface area contributed by atoms with Crippen LogP contribution in [0.1, 0.15) is 13.8 Å². The van der Waals surface area contributed by atoms with E-state index >= 15 is 0 Å². The molecule has 22 heteroatoms. The summed E-state index contributed by atoms with van der Waals surface area (Å²) in [5, 5.41) is 18.8. The van der Waals surface area contributed by atoms with Gasteiger partial charge in [0.05, 0.1) is 26.3 Å². The number of hydrogen-bond donors (Lipinski definition) is 2. The molecule has 0 spiro atoms. The van der Waals surface area contributed by atoms with Gasteiger partial charge < -0.3 is 19.7 Å². The van der Waals surface area contributed by atoms with Crippen LogP contribution in [-0.2, 0) is 19.1 Å². The van der Waals surface area contributed by atoms with Gasteiger partial charge in [-0.1, -0.05) is 0 Å². The fourth-order valence-corrected chi connectivity index (χ4v) is 2.26. The molecular formula is C20H18F14N2O6. The van der Waals surface area contributed by atoms with Crippen LogP contribution in [0, 0.1) is 0 Å². The molecule has 0 bridgehead atoms. The molecule has 0 aliphatic carbocycles. The van der Waals surface area contributed by atoms with E-state index < -0.39 is 96.9 Å². The third-order valence-electron chi connectivity index (χ3n) is 4.40. The molecule has 0 aliphatic heterocycles. The average molecular weight is 648 g/mol. The minimum absolute atomic E-state index is 0.194. The monoisotopic (exact) mass is 648 g/mol. The molecular weight excluding hydrogens is 630 g/mol. The van der Waals surface area contributed by atoms with E-state index in [0.717, 1.165) is 13.8 Å². The lowest BCUT2D eigenvalue weighted by Crippen LogP contribution is -2.53. The lowest BCUT2D eigenvalue weighted by Gasteiger charge is -2.28. The van der Waals surface area contributed by atoms with Crippen LogP contribution in [0.5, 0.6) is 0 Å². The van der Waals surface area contributed by atoms with Gasteiger partial charge in [-0.2, -0.15) is 61.5 Å². The number of esters is 2. The minimum atomic E-state index is -6.92. The summed E-state index contributed by atoms with van der Waals surface area (Å²) in [5.74, 6) is -37.2. The summed E-state index contributed by atoms with van der Waals surface area (Å²) in [4.78, 5) is 29.6. The molecule has 0 amide bonds. The number of nitrogens with zero attached hydrogens (tertiary/aromatic N) is 2. The zero-order chi connectivity index (χ0) is 33.5. The quantitative estimate of drug-likeness (QED) is 0.0677. The number of halogens is 14. The first kappa shape index (κ1) is 38.4. The number of aliphatic hydroxyl groups is 2. The van der Waals surface area contributed by atoms with Crippen molar-refractivity contribution in [1.82, 2.24) is 0 Å². The van der Waals surface area contributed by atoms with Crippen LogP contribution >= 0.6 is 0 Å². The summed E-state index contributed by atoms with van der Waals surface area (Å²) in [6, 6.07) is 0. The highest BCUT2D eigenvalue weighted by molar-refractivity contribution is 6.10.